The number of ether oxygens (including phenoxy) is 1. The van der Waals surface area contributed by atoms with Crippen molar-refractivity contribution in [2.24, 2.45) is 5.92 Å². The SMILES string of the molecule is COc1ccccc1N1CC[C@@H](CNc2nn3cc(C)nc3s2)C1. The summed E-state index contributed by atoms with van der Waals surface area (Å²) in [6, 6.07) is 8.23. The predicted octanol–water partition coefficient (Wildman–Crippen LogP) is 3.05. The average Bonchev–Trinajstić information content (AvgIpc) is 3.27. The molecule has 1 aliphatic rings. The van der Waals surface area contributed by atoms with Crippen molar-refractivity contribution >= 4 is 27.1 Å². The number of rotatable bonds is 5. The quantitative estimate of drug-likeness (QED) is 0.772. The van der Waals surface area contributed by atoms with Crippen LogP contribution >= 0.6 is 11.3 Å². The van der Waals surface area contributed by atoms with Crippen LogP contribution in [0, 0.1) is 12.8 Å². The average molecular weight is 343 g/mol. The molecule has 1 fully saturated rings. The Bertz CT molecular complexity index is 811. The summed E-state index contributed by atoms with van der Waals surface area (Å²) in [5.74, 6) is 1.55. The van der Waals surface area contributed by atoms with Gasteiger partial charge >= 0.3 is 0 Å². The monoisotopic (exact) mass is 343 g/mol. The van der Waals surface area contributed by atoms with Crippen molar-refractivity contribution in [2.75, 3.05) is 37.0 Å². The first-order chi connectivity index (χ1) is 11.7. The minimum Gasteiger partial charge on any atom is -0.495 e. The van der Waals surface area contributed by atoms with E-state index in [0.29, 0.717) is 5.92 Å². The zero-order valence-corrected chi connectivity index (χ0v) is 14.7. The molecule has 0 radical (unpaired) electrons. The largest absolute Gasteiger partial charge is 0.495 e. The molecule has 0 aliphatic carbocycles. The van der Waals surface area contributed by atoms with Gasteiger partial charge in [-0.3, -0.25) is 0 Å². The summed E-state index contributed by atoms with van der Waals surface area (Å²) in [4.78, 5) is 7.79. The van der Waals surface area contributed by atoms with Gasteiger partial charge in [-0.15, -0.1) is 5.10 Å². The van der Waals surface area contributed by atoms with E-state index >= 15 is 0 Å². The zero-order valence-electron chi connectivity index (χ0n) is 13.9. The number of benzene rings is 1. The van der Waals surface area contributed by atoms with Gasteiger partial charge in [-0.05, 0) is 31.4 Å². The highest BCUT2D eigenvalue weighted by Gasteiger charge is 2.24. The predicted molar refractivity (Wildman–Crippen MR) is 97.4 cm³/mol. The van der Waals surface area contributed by atoms with Gasteiger partial charge in [0.1, 0.15) is 5.75 Å². The van der Waals surface area contributed by atoms with Crippen LogP contribution in [0.1, 0.15) is 12.1 Å². The fourth-order valence-corrected chi connectivity index (χ4v) is 4.06. The minimum absolute atomic E-state index is 0.605. The number of aryl methyl sites for hydroxylation is 1. The van der Waals surface area contributed by atoms with Crippen molar-refractivity contribution < 1.29 is 4.74 Å². The summed E-state index contributed by atoms with van der Waals surface area (Å²) >= 11 is 1.60. The van der Waals surface area contributed by atoms with E-state index in [-0.39, 0.29) is 0 Å². The van der Waals surface area contributed by atoms with Gasteiger partial charge in [-0.25, -0.2) is 9.50 Å². The maximum Gasteiger partial charge on any atom is 0.214 e. The van der Waals surface area contributed by atoms with Crippen molar-refractivity contribution in [2.45, 2.75) is 13.3 Å². The first-order valence-electron chi connectivity index (χ1n) is 8.17. The lowest BCUT2D eigenvalue weighted by Crippen LogP contribution is -2.22. The molecule has 126 valence electrons. The molecule has 6 nitrogen and oxygen atoms in total. The third-order valence-corrected chi connectivity index (χ3v) is 5.30. The summed E-state index contributed by atoms with van der Waals surface area (Å²) < 4.78 is 7.33. The molecule has 7 heteroatoms. The number of imidazole rings is 1. The lowest BCUT2D eigenvalue weighted by Gasteiger charge is -2.21. The van der Waals surface area contributed by atoms with Gasteiger partial charge in [0.05, 0.1) is 24.7 Å². The van der Waals surface area contributed by atoms with Gasteiger partial charge in [0.25, 0.3) is 0 Å². The topological polar surface area (TPSA) is 54.7 Å². The van der Waals surface area contributed by atoms with E-state index in [4.69, 9.17) is 4.74 Å². The summed E-state index contributed by atoms with van der Waals surface area (Å²) in [7, 11) is 1.73. The molecule has 0 saturated carbocycles. The third-order valence-electron chi connectivity index (χ3n) is 4.42. The standard InChI is InChI=1S/C17H21N5OS/c1-12-10-22-17(19-12)24-16(20-22)18-9-13-7-8-21(11-13)14-5-3-4-6-15(14)23-2/h3-6,10,13H,7-9,11H2,1-2H3,(H,18,20)/t13-/m0/s1. The lowest BCUT2D eigenvalue weighted by atomic mass is 10.1. The van der Waals surface area contributed by atoms with Crippen LogP contribution in [0.15, 0.2) is 30.5 Å². The zero-order chi connectivity index (χ0) is 16.5. The number of methoxy groups -OCH3 is 1. The van der Waals surface area contributed by atoms with Gasteiger partial charge in [0.15, 0.2) is 0 Å². The molecule has 1 saturated heterocycles. The third kappa shape index (κ3) is 2.91. The first kappa shape index (κ1) is 15.3. The number of hydrogen-bond donors (Lipinski definition) is 1. The molecule has 4 rings (SSSR count). The Morgan fingerprint density at radius 2 is 2.25 bits per heavy atom. The summed E-state index contributed by atoms with van der Waals surface area (Å²) in [6.45, 7) is 5.02. The number of hydrogen-bond acceptors (Lipinski definition) is 6. The van der Waals surface area contributed by atoms with Crippen molar-refractivity contribution in [1.82, 2.24) is 14.6 Å². The second-order valence-corrected chi connectivity index (χ2v) is 7.13. The van der Waals surface area contributed by atoms with Gasteiger partial charge in [-0.1, -0.05) is 23.5 Å². The number of aromatic nitrogens is 3. The molecular weight excluding hydrogens is 322 g/mol. The number of fused-ring (bicyclic) bond motifs is 1. The van der Waals surface area contributed by atoms with E-state index in [9.17, 15) is 0 Å². The van der Waals surface area contributed by atoms with Crippen LogP contribution in [0.4, 0.5) is 10.8 Å². The Morgan fingerprint density at radius 1 is 1.38 bits per heavy atom. The summed E-state index contributed by atoms with van der Waals surface area (Å²) in [5, 5.41) is 8.94. The van der Waals surface area contributed by atoms with Crippen LogP contribution in [-0.2, 0) is 0 Å². The molecular formula is C17H21N5OS. The van der Waals surface area contributed by atoms with Crippen LogP contribution in [-0.4, -0.2) is 41.3 Å². The molecule has 1 N–H and O–H groups in total. The Hall–Kier alpha value is -2.28. The minimum atomic E-state index is 0.605. The van der Waals surface area contributed by atoms with Crippen molar-refractivity contribution in [3.63, 3.8) is 0 Å². The number of para-hydroxylation sites is 2. The number of nitrogens with one attached hydrogen (secondary N) is 1. The molecule has 0 unspecified atom stereocenters. The van der Waals surface area contributed by atoms with E-state index in [0.717, 1.165) is 41.2 Å². The highest BCUT2D eigenvalue weighted by atomic mass is 32.1. The highest BCUT2D eigenvalue weighted by molar-refractivity contribution is 7.20. The van der Waals surface area contributed by atoms with E-state index < -0.39 is 0 Å². The molecule has 3 aromatic rings. The maximum absolute atomic E-state index is 5.48. The lowest BCUT2D eigenvalue weighted by molar-refractivity contribution is 0.414. The van der Waals surface area contributed by atoms with Gasteiger partial charge in [0, 0.05) is 19.6 Å². The molecule has 1 aliphatic heterocycles. The molecule has 0 spiro atoms. The van der Waals surface area contributed by atoms with Gasteiger partial charge in [0.2, 0.25) is 10.1 Å². The number of anilines is 2. The summed E-state index contributed by atoms with van der Waals surface area (Å²) in [6.07, 6.45) is 3.13. The van der Waals surface area contributed by atoms with Crippen molar-refractivity contribution in [3.05, 3.63) is 36.2 Å². The van der Waals surface area contributed by atoms with Gasteiger partial charge in [-0.2, -0.15) is 0 Å². The van der Waals surface area contributed by atoms with Crippen molar-refractivity contribution in [1.29, 1.82) is 0 Å². The molecule has 1 atom stereocenters. The van der Waals surface area contributed by atoms with Crippen LogP contribution in [0.25, 0.3) is 4.96 Å². The van der Waals surface area contributed by atoms with Crippen LogP contribution in [0.2, 0.25) is 0 Å². The maximum atomic E-state index is 5.48. The molecule has 1 aromatic carbocycles. The first-order valence-corrected chi connectivity index (χ1v) is 8.99. The Labute approximate surface area is 145 Å². The molecule has 3 heterocycles. The van der Waals surface area contributed by atoms with Gasteiger partial charge < -0.3 is 15.0 Å². The number of nitrogens with zero attached hydrogens (tertiary/aromatic N) is 4. The van der Waals surface area contributed by atoms with E-state index in [2.05, 4.69) is 32.4 Å². The Balaban J connectivity index is 1.37. The van der Waals surface area contributed by atoms with Crippen LogP contribution in [0.3, 0.4) is 0 Å². The molecule has 0 amide bonds. The smallest absolute Gasteiger partial charge is 0.214 e. The Morgan fingerprint density at radius 3 is 3.08 bits per heavy atom. The normalized spacial score (nSPS) is 17.6. The molecule has 0 bridgehead atoms. The van der Waals surface area contributed by atoms with E-state index in [1.54, 1.807) is 18.4 Å². The summed E-state index contributed by atoms with van der Waals surface area (Å²) in [5.41, 5.74) is 2.19. The molecule has 2 aromatic heterocycles. The fourth-order valence-electron chi connectivity index (χ4n) is 3.22. The van der Waals surface area contributed by atoms with Crippen molar-refractivity contribution in [3.8, 4) is 5.75 Å². The Kier molecular flexibility index (Phi) is 4.02. The fraction of sp³-hybridized carbons (Fsp3) is 0.412. The van der Waals surface area contributed by atoms with Crippen LogP contribution < -0.4 is 15.0 Å². The van der Waals surface area contributed by atoms with E-state index in [1.165, 1.54) is 12.1 Å². The second kappa shape index (κ2) is 6.32. The highest BCUT2D eigenvalue weighted by Crippen LogP contribution is 2.32. The van der Waals surface area contributed by atoms with E-state index in [1.807, 2.05) is 29.8 Å². The second-order valence-electron chi connectivity index (χ2n) is 6.17. The molecule has 24 heavy (non-hydrogen) atoms. The van der Waals surface area contributed by atoms with Crippen LogP contribution in [0.5, 0.6) is 5.75 Å².